The number of carboxylic acid groups (broad SMARTS) is 1. The number of aromatic carboxylic acids is 1. The zero-order valence-electron chi connectivity index (χ0n) is 11.7. The van der Waals surface area contributed by atoms with Crippen LogP contribution < -0.4 is 0 Å². The van der Waals surface area contributed by atoms with Crippen LogP contribution in [0.15, 0.2) is 28.7 Å². The van der Waals surface area contributed by atoms with E-state index >= 15 is 0 Å². The van der Waals surface area contributed by atoms with Crippen LogP contribution in [0.1, 0.15) is 35.4 Å². The minimum absolute atomic E-state index is 0.0429. The predicted octanol–water partition coefficient (Wildman–Crippen LogP) is 3.22. The van der Waals surface area contributed by atoms with Crippen molar-refractivity contribution in [1.82, 2.24) is 0 Å². The Labute approximate surface area is 122 Å². The van der Waals surface area contributed by atoms with Crippen LogP contribution in [-0.4, -0.2) is 30.4 Å². The van der Waals surface area contributed by atoms with E-state index in [1.54, 1.807) is 6.07 Å². The first-order valence-corrected chi connectivity index (χ1v) is 7.17. The van der Waals surface area contributed by atoms with E-state index in [0.717, 1.165) is 30.4 Å². The highest BCUT2D eigenvalue weighted by Gasteiger charge is 2.14. The third kappa shape index (κ3) is 3.43. The second kappa shape index (κ2) is 6.28. The minimum Gasteiger partial charge on any atom is -0.475 e. The van der Waals surface area contributed by atoms with Gasteiger partial charge in [-0.05, 0) is 43.0 Å². The fraction of sp³-hybridized carbons (Fsp3) is 0.438. The van der Waals surface area contributed by atoms with Gasteiger partial charge in [0.2, 0.25) is 5.76 Å². The minimum atomic E-state index is -1.06. The smallest absolute Gasteiger partial charge is 0.371 e. The molecule has 1 atom stereocenters. The number of ether oxygens (including phenoxy) is 2. The van der Waals surface area contributed by atoms with Gasteiger partial charge in [-0.1, -0.05) is 6.07 Å². The molecule has 0 bridgehead atoms. The van der Waals surface area contributed by atoms with Crippen molar-refractivity contribution in [2.75, 3.05) is 13.2 Å². The molecule has 0 saturated carbocycles. The molecular formula is C16H18O5. The van der Waals surface area contributed by atoms with Crippen LogP contribution in [0, 0.1) is 0 Å². The van der Waals surface area contributed by atoms with Crippen molar-refractivity contribution >= 4 is 16.9 Å². The molecule has 3 rings (SSSR count). The Hall–Kier alpha value is -1.85. The Bertz CT molecular complexity index is 625. The maximum atomic E-state index is 10.9. The number of rotatable bonds is 5. The lowest BCUT2D eigenvalue weighted by atomic mass is 10.1. The zero-order chi connectivity index (χ0) is 14.7. The normalized spacial score (nSPS) is 19.0. The average molecular weight is 290 g/mol. The van der Waals surface area contributed by atoms with E-state index in [0.29, 0.717) is 18.8 Å². The van der Waals surface area contributed by atoms with Gasteiger partial charge < -0.3 is 19.0 Å². The maximum absolute atomic E-state index is 10.9. The fourth-order valence-electron chi connectivity index (χ4n) is 2.54. The van der Waals surface area contributed by atoms with Gasteiger partial charge in [0, 0.05) is 12.0 Å². The number of hydrogen-bond donors (Lipinski definition) is 1. The van der Waals surface area contributed by atoms with Gasteiger partial charge in [0.15, 0.2) is 0 Å². The van der Waals surface area contributed by atoms with Crippen LogP contribution in [-0.2, 0) is 16.1 Å². The summed E-state index contributed by atoms with van der Waals surface area (Å²) in [7, 11) is 0. The lowest BCUT2D eigenvalue weighted by Crippen LogP contribution is -2.24. The molecule has 2 aromatic rings. The van der Waals surface area contributed by atoms with Crippen molar-refractivity contribution in [3.63, 3.8) is 0 Å². The van der Waals surface area contributed by atoms with Crippen LogP contribution >= 0.6 is 0 Å². The van der Waals surface area contributed by atoms with Gasteiger partial charge in [0.1, 0.15) is 5.58 Å². The molecule has 1 unspecified atom stereocenters. The van der Waals surface area contributed by atoms with Gasteiger partial charge in [-0.15, -0.1) is 0 Å². The van der Waals surface area contributed by atoms with Gasteiger partial charge >= 0.3 is 5.97 Å². The SMILES string of the molecule is O=C(O)c1cc2cc(COCC3CCCCO3)ccc2o1. The van der Waals surface area contributed by atoms with E-state index in [1.807, 2.05) is 12.1 Å². The summed E-state index contributed by atoms with van der Waals surface area (Å²) in [5, 5.41) is 9.69. The van der Waals surface area contributed by atoms with Gasteiger partial charge in [-0.3, -0.25) is 0 Å². The molecule has 5 nitrogen and oxygen atoms in total. The molecule has 0 amide bonds. The topological polar surface area (TPSA) is 68.9 Å². The molecular weight excluding hydrogens is 272 g/mol. The summed E-state index contributed by atoms with van der Waals surface area (Å²) in [6.07, 6.45) is 3.60. The first-order valence-electron chi connectivity index (χ1n) is 7.17. The number of hydrogen-bond acceptors (Lipinski definition) is 4. The Morgan fingerprint density at radius 1 is 1.33 bits per heavy atom. The molecule has 1 aromatic heterocycles. The predicted molar refractivity (Wildman–Crippen MR) is 76.4 cm³/mol. The van der Waals surface area contributed by atoms with E-state index < -0.39 is 5.97 Å². The molecule has 0 aliphatic carbocycles. The Kier molecular flexibility index (Phi) is 4.22. The largest absolute Gasteiger partial charge is 0.475 e. The van der Waals surface area contributed by atoms with Gasteiger partial charge in [-0.25, -0.2) is 4.79 Å². The van der Waals surface area contributed by atoms with Crippen LogP contribution in [0.4, 0.5) is 0 Å². The van der Waals surface area contributed by atoms with Crippen molar-refractivity contribution in [1.29, 1.82) is 0 Å². The van der Waals surface area contributed by atoms with Gasteiger partial charge in [0.25, 0.3) is 0 Å². The van der Waals surface area contributed by atoms with Gasteiger partial charge in [0.05, 0.1) is 19.3 Å². The summed E-state index contributed by atoms with van der Waals surface area (Å²) in [5.41, 5.74) is 1.57. The molecule has 112 valence electrons. The van der Waals surface area contributed by atoms with Gasteiger partial charge in [-0.2, -0.15) is 0 Å². The number of carbonyl (C=O) groups is 1. The third-order valence-electron chi connectivity index (χ3n) is 3.64. The molecule has 2 heterocycles. The zero-order valence-corrected chi connectivity index (χ0v) is 11.7. The summed E-state index contributed by atoms with van der Waals surface area (Å²) in [4.78, 5) is 10.9. The highest BCUT2D eigenvalue weighted by atomic mass is 16.5. The van der Waals surface area contributed by atoms with Crippen LogP contribution in [0.2, 0.25) is 0 Å². The number of carboxylic acids is 1. The number of furan rings is 1. The number of fused-ring (bicyclic) bond motifs is 1. The van der Waals surface area contributed by atoms with E-state index in [2.05, 4.69) is 0 Å². The molecule has 0 radical (unpaired) electrons. The molecule has 0 spiro atoms. The lowest BCUT2D eigenvalue weighted by molar-refractivity contribution is -0.0447. The summed E-state index contributed by atoms with van der Waals surface area (Å²) >= 11 is 0. The summed E-state index contributed by atoms with van der Waals surface area (Å²) < 4.78 is 16.5. The molecule has 1 aliphatic heterocycles. The van der Waals surface area contributed by atoms with Crippen molar-refractivity contribution in [3.05, 3.63) is 35.6 Å². The molecule has 5 heteroatoms. The second-order valence-corrected chi connectivity index (χ2v) is 5.29. The van der Waals surface area contributed by atoms with E-state index in [-0.39, 0.29) is 11.9 Å². The number of benzene rings is 1. The Morgan fingerprint density at radius 2 is 2.24 bits per heavy atom. The maximum Gasteiger partial charge on any atom is 0.371 e. The molecule has 1 N–H and O–H groups in total. The first kappa shape index (κ1) is 14.1. The third-order valence-corrected chi connectivity index (χ3v) is 3.64. The average Bonchev–Trinajstić information content (AvgIpc) is 2.92. The summed E-state index contributed by atoms with van der Waals surface area (Å²) in [6, 6.07) is 7.09. The first-order chi connectivity index (χ1) is 10.2. The molecule has 21 heavy (non-hydrogen) atoms. The standard InChI is InChI=1S/C16H18O5/c17-16(18)15-8-12-7-11(4-5-14(12)21-15)9-19-10-13-3-1-2-6-20-13/h4-5,7-8,13H,1-3,6,9-10H2,(H,17,18). The fourth-order valence-corrected chi connectivity index (χ4v) is 2.54. The van der Waals surface area contributed by atoms with Crippen molar-refractivity contribution < 1.29 is 23.8 Å². The summed E-state index contributed by atoms with van der Waals surface area (Å²) in [5.74, 6) is -1.10. The Morgan fingerprint density at radius 3 is 3.00 bits per heavy atom. The Balaban J connectivity index is 1.60. The highest BCUT2D eigenvalue weighted by molar-refractivity contribution is 5.91. The van der Waals surface area contributed by atoms with Crippen LogP contribution in [0.25, 0.3) is 11.0 Å². The lowest BCUT2D eigenvalue weighted by Gasteiger charge is -2.22. The quantitative estimate of drug-likeness (QED) is 0.915. The van der Waals surface area contributed by atoms with E-state index in [1.165, 1.54) is 12.5 Å². The molecule has 1 fully saturated rings. The monoisotopic (exact) mass is 290 g/mol. The van der Waals surface area contributed by atoms with Crippen molar-refractivity contribution in [3.8, 4) is 0 Å². The molecule has 1 saturated heterocycles. The van der Waals surface area contributed by atoms with Crippen molar-refractivity contribution in [2.45, 2.75) is 32.0 Å². The van der Waals surface area contributed by atoms with E-state index in [4.69, 9.17) is 19.0 Å². The van der Waals surface area contributed by atoms with Crippen LogP contribution in [0.3, 0.4) is 0 Å². The van der Waals surface area contributed by atoms with Crippen LogP contribution in [0.5, 0.6) is 0 Å². The van der Waals surface area contributed by atoms with E-state index in [9.17, 15) is 4.79 Å². The van der Waals surface area contributed by atoms with Crippen molar-refractivity contribution in [2.24, 2.45) is 0 Å². The summed E-state index contributed by atoms with van der Waals surface area (Å²) in [6.45, 7) is 1.92. The second-order valence-electron chi connectivity index (χ2n) is 5.29. The highest BCUT2D eigenvalue weighted by Crippen LogP contribution is 2.21. The molecule has 1 aromatic carbocycles. The molecule has 1 aliphatic rings.